The number of hydrogen-bond donors (Lipinski definition) is 5. The average Bonchev–Trinajstić information content (AvgIpc) is 2.30. The predicted molar refractivity (Wildman–Crippen MR) is 53.8 cm³/mol. The van der Waals surface area contributed by atoms with Crippen molar-refractivity contribution in [2.45, 2.75) is 0 Å². The first kappa shape index (κ1) is 14.8. The lowest BCUT2D eigenvalue weighted by atomic mass is 10.5. The molecular formula is C8H13N3O6. The normalized spacial score (nSPS) is 9.24. The van der Waals surface area contributed by atoms with Gasteiger partial charge in [-0.15, -0.1) is 0 Å². The molecule has 0 aromatic rings. The van der Waals surface area contributed by atoms with Crippen LogP contribution in [0.25, 0.3) is 0 Å². The van der Waals surface area contributed by atoms with E-state index in [1.807, 2.05) is 5.32 Å². The molecule has 0 unspecified atom stereocenters. The highest BCUT2D eigenvalue weighted by Crippen LogP contribution is 1.69. The van der Waals surface area contributed by atoms with Gasteiger partial charge in [0.2, 0.25) is 17.7 Å². The first-order valence-electron chi connectivity index (χ1n) is 4.58. The van der Waals surface area contributed by atoms with Gasteiger partial charge in [0.05, 0.1) is 13.1 Å². The number of aliphatic carboxylic acids is 1. The van der Waals surface area contributed by atoms with E-state index < -0.39 is 36.8 Å². The lowest BCUT2D eigenvalue weighted by Crippen LogP contribution is -2.43. The van der Waals surface area contributed by atoms with E-state index in [4.69, 9.17) is 10.2 Å². The van der Waals surface area contributed by atoms with Gasteiger partial charge in [-0.1, -0.05) is 0 Å². The van der Waals surface area contributed by atoms with E-state index in [0.29, 0.717) is 0 Å². The van der Waals surface area contributed by atoms with Gasteiger partial charge < -0.3 is 26.2 Å². The smallest absolute Gasteiger partial charge is 0.322 e. The molecule has 17 heavy (non-hydrogen) atoms. The second-order valence-electron chi connectivity index (χ2n) is 2.88. The summed E-state index contributed by atoms with van der Waals surface area (Å²) in [5.74, 6) is -3.19. The molecule has 0 heterocycles. The van der Waals surface area contributed by atoms with Crippen LogP contribution in [-0.4, -0.2) is 60.1 Å². The molecule has 0 aliphatic heterocycles. The summed E-state index contributed by atoms with van der Waals surface area (Å²) >= 11 is 0. The number of nitrogens with one attached hydrogen (secondary N) is 3. The summed E-state index contributed by atoms with van der Waals surface area (Å²) in [6, 6.07) is 0. The maximum absolute atomic E-state index is 11.0. The number of carboxylic acids is 1. The Labute approximate surface area is 96.2 Å². The van der Waals surface area contributed by atoms with E-state index >= 15 is 0 Å². The highest BCUT2D eigenvalue weighted by atomic mass is 16.4. The van der Waals surface area contributed by atoms with Gasteiger partial charge in [0.25, 0.3) is 0 Å². The zero-order valence-electron chi connectivity index (χ0n) is 8.86. The molecule has 0 atom stereocenters. The van der Waals surface area contributed by atoms with Crippen LogP contribution in [0.2, 0.25) is 0 Å². The minimum absolute atomic E-state index is 0.369. The summed E-state index contributed by atoms with van der Waals surface area (Å²) in [5, 5.41) is 22.8. The van der Waals surface area contributed by atoms with Gasteiger partial charge in [-0.2, -0.15) is 0 Å². The van der Waals surface area contributed by atoms with Crippen molar-refractivity contribution in [3.63, 3.8) is 0 Å². The van der Waals surface area contributed by atoms with Crippen LogP contribution in [0.3, 0.4) is 0 Å². The SMILES string of the molecule is O=C(O)CNC(=O)CNC(=O)CNC(=O)CO. The predicted octanol–water partition coefficient (Wildman–Crippen LogP) is -3.59. The fourth-order valence-corrected chi connectivity index (χ4v) is 0.713. The molecule has 0 aliphatic carbocycles. The van der Waals surface area contributed by atoms with Crippen molar-refractivity contribution in [3.8, 4) is 0 Å². The Bertz CT molecular complexity index is 316. The van der Waals surface area contributed by atoms with Crippen LogP contribution in [0.4, 0.5) is 0 Å². The van der Waals surface area contributed by atoms with Crippen molar-refractivity contribution in [1.82, 2.24) is 16.0 Å². The minimum atomic E-state index is -1.19. The Kier molecular flexibility index (Phi) is 7.02. The summed E-state index contributed by atoms with van der Waals surface area (Å²) in [5.41, 5.74) is 0. The molecule has 0 rings (SSSR count). The van der Waals surface area contributed by atoms with Gasteiger partial charge in [-0.3, -0.25) is 19.2 Å². The molecule has 0 saturated heterocycles. The van der Waals surface area contributed by atoms with Crippen LogP contribution in [-0.2, 0) is 19.2 Å². The van der Waals surface area contributed by atoms with Crippen LogP contribution in [0.5, 0.6) is 0 Å². The van der Waals surface area contributed by atoms with E-state index in [0.717, 1.165) is 0 Å². The summed E-state index contributed by atoms with van der Waals surface area (Å²) in [4.78, 5) is 42.6. The maximum atomic E-state index is 11.0. The third kappa shape index (κ3) is 8.81. The zero-order valence-corrected chi connectivity index (χ0v) is 8.86. The number of rotatable bonds is 7. The molecule has 0 aliphatic rings. The number of amides is 3. The van der Waals surface area contributed by atoms with E-state index in [1.54, 1.807) is 0 Å². The molecule has 0 saturated carbocycles. The molecule has 5 N–H and O–H groups in total. The largest absolute Gasteiger partial charge is 0.480 e. The van der Waals surface area contributed by atoms with E-state index in [-0.39, 0.29) is 13.1 Å². The maximum Gasteiger partial charge on any atom is 0.322 e. The van der Waals surface area contributed by atoms with Gasteiger partial charge >= 0.3 is 5.97 Å². The van der Waals surface area contributed by atoms with Crippen LogP contribution >= 0.6 is 0 Å². The fraction of sp³-hybridized carbons (Fsp3) is 0.500. The summed E-state index contributed by atoms with van der Waals surface area (Å²) in [6.07, 6.45) is 0. The number of carbonyl (C=O) groups is 4. The quantitative estimate of drug-likeness (QED) is 0.314. The lowest BCUT2D eigenvalue weighted by molar-refractivity contribution is -0.137. The molecule has 0 aromatic carbocycles. The second-order valence-corrected chi connectivity index (χ2v) is 2.88. The van der Waals surface area contributed by atoms with Crippen molar-refractivity contribution in [2.24, 2.45) is 0 Å². The minimum Gasteiger partial charge on any atom is -0.480 e. The first-order chi connectivity index (χ1) is 7.95. The van der Waals surface area contributed by atoms with E-state index in [1.165, 1.54) is 0 Å². The van der Waals surface area contributed by atoms with Crippen molar-refractivity contribution >= 4 is 23.7 Å². The molecule has 3 amide bonds. The lowest BCUT2D eigenvalue weighted by Gasteiger charge is -2.05. The second kappa shape index (κ2) is 8.05. The number of carboxylic acid groups (broad SMARTS) is 1. The average molecular weight is 247 g/mol. The highest BCUT2D eigenvalue weighted by Gasteiger charge is 2.07. The van der Waals surface area contributed by atoms with Crippen molar-refractivity contribution in [2.75, 3.05) is 26.2 Å². The summed E-state index contributed by atoms with van der Waals surface area (Å²) < 4.78 is 0. The highest BCUT2D eigenvalue weighted by molar-refractivity contribution is 5.89. The van der Waals surface area contributed by atoms with Crippen molar-refractivity contribution < 1.29 is 29.4 Å². The third-order valence-electron chi connectivity index (χ3n) is 1.47. The van der Waals surface area contributed by atoms with Crippen LogP contribution in [0, 0.1) is 0 Å². The van der Waals surface area contributed by atoms with Crippen LogP contribution in [0.15, 0.2) is 0 Å². The van der Waals surface area contributed by atoms with Crippen molar-refractivity contribution in [1.29, 1.82) is 0 Å². The van der Waals surface area contributed by atoms with Gasteiger partial charge in [0.15, 0.2) is 0 Å². The third-order valence-corrected chi connectivity index (χ3v) is 1.47. The number of carbonyl (C=O) groups excluding carboxylic acids is 3. The van der Waals surface area contributed by atoms with Crippen LogP contribution in [0.1, 0.15) is 0 Å². The molecule has 9 nitrogen and oxygen atoms in total. The molecule has 0 spiro atoms. The molecular weight excluding hydrogens is 234 g/mol. The summed E-state index contributed by atoms with van der Waals surface area (Å²) in [6.45, 7) is -2.02. The number of hydrogen-bond acceptors (Lipinski definition) is 5. The molecule has 0 fully saturated rings. The summed E-state index contributed by atoms with van der Waals surface area (Å²) in [7, 11) is 0. The van der Waals surface area contributed by atoms with E-state index in [2.05, 4.69) is 10.6 Å². The Hall–Kier alpha value is -2.16. The van der Waals surface area contributed by atoms with E-state index in [9.17, 15) is 19.2 Å². The number of aliphatic hydroxyl groups is 1. The number of aliphatic hydroxyl groups excluding tert-OH is 1. The zero-order chi connectivity index (χ0) is 13.3. The molecule has 0 radical (unpaired) electrons. The van der Waals surface area contributed by atoms with Gasteiger partial charge in [0, 0.05) is 0 Å². The monoisotopic (exact) mass is 247 g/mol. The van der Waals surface area contributed by atoms with Crippen LogP contribution < -0.4 is 16.0 Å². The van der Waals surface area contributed by atoms with Gasteiger partial charge in [0.1, 0.15) is 13.2 Å². The standard InChI is InChI=1S/C8H13N3O6/c12-4-7(15)10-2-5(13)9-1-6(14)11-3-8(16)17/h12H,1-4H2,(H,9,13)(H,10,15)(H,11,14)(H,16,17). The fourth-order valence-electron chi connectivity index (χ4n) is 0.713. The Morgan fingerprint density at radius 3 is 1.59 bits per heavy atom. The van der Waals surface area contributed by atoms with Gasteiger partial charge in [-0.25, -0.2) is 0 Å². The van der Waals surface area contributed by atoms with Crippen molar-refractivity contribution in [3.05, 3.63) is 0 Å². The topological polar surface area (TPSA) is 145 Å². The first-order valence-corrected chi connectivity index (χ1v) is 4.58. The Morgan fingerprint density at radius 1 is 0.765 bits per heavy atom. The molecule has 0 aromatic heterocycles. The Morgan fingerprint density at radius 2 is 1.18 bits per heavy atom. The van der Waals surface area contributed by atoms with Gasteiger partial charge in [-0.05, 0) is 0 Å². The Balaban J connectivity index is 3.66. The molecule has 0 bridgehead atoms. The molecule has 9 heteroatoms. The molecule has 96 valence electrons.